The molecule has 1 unspecified atom stereocenters. The minimum Gasteiger partial charge on any atom is -0.481 e. The van der Waals surface area contributed by atoms with Gasteiger partial charge in [0.05, 0.1) is 0 Å². The summed E-state index contributed by atoms with van der Waals surface area (Å²) in [5.74, 6) is -1.79. The SMILES string of the molecule is CNC(=O)C(C)Oc1cc(Cl)cc(-c2ccc(F)c(F)c2)c1. The zero-order valence-electron chi connectivity index (χ0n) is 12.0. The van der Waals surface area contributed by atoms with E-state index in [1.807, 2.05) is 0 Å². The van der Waals surface area contributed by atoms with E-state index in [2.05, 4.69) is 5.32 Å². The van der Waals surface area contributed by atoms with Crippen LogP contribution in [0.2, 0.25) is 5.02 Å². The molecule has 0 saturated carbocycles. The van der Waals surface area contributed by atoms with Gasteiger partial charge >= 0.3 is 0 Å². The molecule has 3 nitrogen and oxygen atoms in total. The average Bonchev–Trinajstić information content (AvgIpc) is 2.48. The maximum atomic E-state index is 13.3. The van der Waals surface area contributed by atoms with E-state index in [0.717, 1.165) is 12.1 Å². The monoisotopic (exact) mass is 325 g/mol. The molecule has 0 fully saturated rings. The molecule has 22 heavy (non-hydrogen) atoms. The molecule has 0 bridgehead atoms. The molecule has 2 aromatic carbocycles. The highest BCUT2D eigenvalue weighted by Crippen LogP contribution is 2.30. The minimum absolute atomic E-state index is 0.283. The van der Waals surface area contributed by atoms with Crippen LogP contribution in [0.1, 0.15) is 6.92 Å². The predicted octanol–water partition coefficient (Wildman–Crippen LogP) is 3.80. The van der Waals surface area contributed by atoms with Crippen LogP contribution in [0.3, 0.4) is 0 Å². The molecule has 0 saturated heterocycles. The second-order valence-corrected chi connectivity index (χ2v) is 5.12. The summed E-state index contributed by atoms with van der Waals surface area (Å²) in [7, 11) is 1.51. The van der Waals surface area contributed by atoms with Gasteiger partial charge < -0.3 is 10.1 Å². The topological polar surface area (TPSA) is 38.3 Å². The summed E-state index contributed by atoms with van der Waals surface area (Å²) < 4.78 is 31.8. The molecule has 0 aliphatic heterocycles. The summed E-state index contributed by atoms with van der Waals surface area (Å²) in [6.45, 7) is 1.59. The van der Waals surface area contributed by atoms with Crippen molar-refractivity contribution in [1.82, 2.24) is 5.32 Å². The van der Waals surface area contributed by atoms with E-state index in [-0.39, 0.29) is 5.91 Å². The molecule has 2 aromatic rings. The van der Waals surface area contributed by atoms with Crippen LogP contribution in [0.15, 0.2) is 36.4 Å². The van der Waals surface area contributed by atoms with Crippen LogP contribution in [0.5, 0.6) is 5.75 Å². The van der Waals surface area contributed by atoms with Crippen LogP contribution in [0.25, 0.3) is 11.1 Å². The summed E-state index contributed by atoms with van der Waals surface area (Å²) in [6.07, 6.45) is -0.707. The molecule has 1 amide bonds. The Hall–Kier alpha value is -2.14. The van der Waals surface area contributed by atoms with Crippen LogP contribution < -0.4 is 10.1 Å². The maximum Gasteiger partial charge on any atom is 0.260 e. The van der Waals surface area contributed by atoms with E-state index in [1.165, 1.54) is 13.1 Å². The van der Waals surface area contributed by atoms with Gasteiger partial charge in [-0.25, -0.2) is 8.78 Å². The third-order valence-electron chi connectivity index (χ3n) is 3.05. The zero-order valence-corrected chi connectivity index (χ0v) is 12.7. The molecule has 1 atom stereocenters. The van der Waals surface area contributed by atoms with Crippen molar-refractivity contribution in [3.63, 3.8) is 0 Å². The Kier molecular flexibility index (Phi) is 4.98. The van der Waals surface area contributed by atoms with Gasteiger partial charge in [0.1, 0.15) is 5.75 Å². The van der Waals surface area contributed by atoms with Crippen LogP contribution in [-0.2, 0) is 4.79 Å². The summed E-state index contributed by atoms with van der Waals surface area (Å²) in [6, 6.07) is 8.32. The lowest BCUT2D eigenvalue weighted by molar-refractivity contribution is -0.126. The third-order valence-corrected chi connectivity index (χ3v) is 3.27. The standard InChI is InChI=1S/C16H14ClF2NO2/c1-9(16(21)20-2)22-13-6-11(5-12(17)8-13)10-3-4-14(18)15(19)7-10/h3-9H,1-2H3,(H,20,21). The highest BCUT2D eigenvalue weighted by atomic mass is 35.5. The Morgan fingerprint density at radius 3 is 2.50 bits per heavy atom. The number of benzene rings is 2. The van der Waals surface area contributed by atoms with E-state index in [4.69, 9.17) is 16.3 Å². The normalized spacial score (nSPS) is 11.9. The quantitative estimate of drug-likeness (QED) is 0.928. The van der Waals surface area contributed by atoms with Crippen LogP contribution >= 0.6 is 11.6 Å². The van der Waals surface area contributed by atoms with Gasteiger partial charge in [-0.1, -0.05) is 17.7 Å². The van der Waals surface area contributed by atoms with E-state index < -0.39 is 17.7 Å². The number of likely N-dealkylation sites (N-methyl/N-ethyl adjacent to an activating group) is 1. The number of carbonyl (C=O) groups is 1. The number of amides is 1. The lowest BCUT2D eigenvalue weighted by Crippen LogP contribution is -2.33. The van der Waals surface area contributed by atoms with Crippen molar-refractivity contribution in [2.75, 3.05) is 7.05 Å². The Morgan fingerprint density at radius 2 is 1.86 bits per heavy atom. The number of hydrogen-bond donors (Lipinski definition) is 1. The first-order valence-electron chi connectivity index (χ1n) is 6.55. The van der Waals surface area contributed by atoms with E-state index in [9.17, 15) is 13.6 Å². The van der Waals surface area contributed by atoms with Crippen LogP contribution in [-0.4, -0.2) is 19.1 Å². The Labute approximate surface area is 131 Å². The summed E-state index contributed by atoms with van der Waals surface area (Å²) in [5.41, 5.74) is 1.02. The molecule has 116 valence electrons. The van der Waals surface area contributed by atoms with Gasteiger partial charge in [0.15, 0.2) is 17.7 Å². The van der Waals surface area contributed by atoms with Crippen molar-refractivity contribution in [2.24, 2.45) is 0 Å². The van der Waals surface area contributed by atoms with Gasteiger partial charge in [-0.15, -0.1) is 0 Å². The van der Waals surface area contributed by atoms with E-state index in [0.29, 0.717) is 21.9 Å². The summed E-state index contributed by atoms with van der Waals surface area (Å²) in [5, 5.41) is 2.83. The molecular weight excluding hydrogens is 312 g/mol. The molecule has 1 N–H and O–H groups in total. The highest BCUT2D eigenvalue weighted by molar-refractivity contribution is 6.31. The third kappa shape index (κ3) is 3.74. The lowest BCUT2D eigenvalue weighted by atomic mass is 10.1. The average molecular weight is 326 g/mol. The Bertz CT molecular complexity index is 707. The smallest absolute Gasteiger partial charge is 0.260 e. The summed E-state index contributed by atoms with van der Waals surface area (Å²) in [4.78, 5) is 11.5. The van der Waals surface area contributed by atoms with Gasteiger partial charge in [0.2, 0.25) is 0 Å². The number of carbonyl (C=O) groups excluding carboxylic acids is 1. The van der Waals surface area contributed by atoms with Crippen molar-refractivity contribution in [3.05, 3.63) is 53.1 Å². The Balaban J connectivity index is 2.34. The van der Waals surface area contributed by atoms with Crippen LogP contribution in [0.4, 0.5) is 8.78 Å². The lowest BCUT2D eigenvalue weighted by Gasteiger charge is -2.14. The first-order chi connectivity index (χ1) is 10.4. The van der Waals surface area contributed by atoms with Gasteiger partial charge in [-0.2, -0.15) is 0 Å². The fourth-order valence-electron chi connectivity index (χ4n) is 1.93. The Morgan fingerprint density at radius 1 is 1.14 bits per heavy atom. The number of hydrogen-bond acceptors (Lipinski definition) is 2. The molecule has 2 rings (SSSR count). The van der Waals surface area contributed by atoms with Crippen molar-refractivity contribution >= 4 is 17.5 Å². The van der Waals surface area contributed by atoms with Gasteiger partial charge in [-0.05, 0) is 48.4 Å². The molecule has 0 radical (unpaired) electrons. The van der Waals surface area contributed by atoms with Gasteiger partial charge in [-0.3, -0.25) is 4.79 Å². The molecule has 0 spiro atoms. The van der Waals surface area contributed by atoms with Crippen molar-refractivity contribution in [2.45, 2.75) is 13.0 Å². The number of nitrogens with one attached hydrogen (secondary N) is 1. The van der Waals surface area contributed by atoms with Crippen molar-refractivity contribution in [1.29, 1.82) is 0 Å². The largest absolute Gasteiger partial charge is 0.481 e. The first-order valence-corrected chi connectivity index (χ1v) is 6.92. The minimum atomic E-state index is -0.946. The summed E-state index contributed by atoms with van der Waals surface area (Å²) >= 11 is 6.02. The second kappa shape index (κ2) is 6.75. The number of rotatable bonds is 4. The first kappa shape index (κ1) is 16.2. The number of halogens is 3. The highest BCUT2D eigenvalue weighted by Gasteiger charge is 2.14. The predicted molar refractivity (Wildman–Crippen MR) is 81.0 cm³/mol. The van der Waals surface area contributed by atoms with E-state index in [1.54, 1.807) is 25.1 Å². The molecule has 0 heterocycles. The second-order valence-electron chi connectivity index (χ2n) is 4.68. The van der Waals surface area contributed by atoms with Crippen molar-refractivity contribution in [3.8, 4) is 16.9 Å². The van der Waals surface area contributed by atoms with Crippen molar-refractivity contribution < 1.29 is 18.3 Å². The van der Waals surface area contributed by atoms with Crippen LogP contribution in [0, 0.1) is 11.6 Å². The molecular formula is C16H14ClF2NO2. The molecule has 0 aliphatic rings. The molecule has 0 aromatic heterocycles. The molecule has 6 heteroatoms. The number of ether oxygens (including phenoxy) is 1. The van der Waals surface area contributed by atoms with Gasteiger partial charge in [0, 0.05) is 12.1 Å². The fraction of sp³-hybridized carbons (Fsp3) is 0.188. The zero-order chi connectivity index (χ0) is 16.3. The van der Waals surface area contributed by atoms with E-state index >= 15 is 0 Å². The van der Waals surface area contributed by atoms with Gasteiger partial charge in [0.25, 0.3) is 5.91 Å². The fourth-order valence-corrected chi connectivity index (χ4v) is 2.16. The maximum absolute atomic E-state index is 13.3. The molecule has 0 aliphatic carbocycles.